The number of amides is 1. The first kappa shape index (κ1) is 15.0. The Labute approximate surface area is 131 Å². The first-order valence-electron chi connectivity index (χ1n) is 5.81. The number of aromatic nitrogens is 1. The van der Waals surface area contributed by atoms with Crippen molar-refractivity contribution in [1.82, 2.24) is 4.98 Å². The van der Waals surface area contributed by atoms with E-state index in [2.05, 4.69) is 16.9 Å². The Kier molecular flexibility index (Phi) is 4.81. The van der Waals surface area contributed by atoms with E-state index in [1.165, 1.54) is 11.3 Å². The SMILES string of the molecule is C=C(C)C(=O)Nc1ncc(Cc2ccc(Cl)c(Cl)c2)s1. The lowest BCUT2D eigenvalue weighted by Crippen LogP contribution is -2.11. The van der Waals surface area contributed by atoms with Gasteiger partial charge >= 0.3 is 0 Å². The van der Waals surface area contributed by atoms with Crippen LogP contribution in [0.4, 0.5) is 5.13 Å². The predicted octanol–water partition coefficient (Wildman–Crippen LogP) is 4.56. The van der Waals surface area contributed by atoms with Crippen LogP contribution in [0.5, 0.6) is 0 Å². The normalized spacial score (nSPS) is 10.3. The highest BCUT2D eigenvalue weighted by Crippen LogP contribution is 2.26. The van der Waals surface area contributed by atoms with Crippen molar-refractivity contribution in [2.75, 3.05) is 5.32 Å². The average molecular weight is 327 g/mol. The van der Waals surface area contributed by atoms with Crippen LogP contribution in [0.3, 0.4) is 0 Å². The van der Waals surface area contributed by atoms with Crippen LogP contribution in [0.15, 0.2) is 36.5 Å². The van der Waals surface area contributed by atoms with Crippen molar-refractivity contribution in [3.63, 3.8) is 0 Å². The second-order valence-corrected chi connectivity index (χ2v) is 6.22. The van der Waals surface area contributed by atoms with Gasteiger partial charge in [0.15, 0.2) is 5.13 Å². The number of halogens is 2. The Hall–Kier alpha value is -1.36. The lowest BCUT2D eigenvalue weighted by molar-refractivity contribution is -0.112. The maximum Gasteiger partial charge on any atom is 0.252 e. The van der Waals surface area contributed by atoms with Gasteiger partial charge in [-0.2, -0.15) is 0 Å². The average Bonchev–Trinajstić information content (AvgIpc) is 2.81. The van der Waals surface area contributed by atoms with E-state index in [0.29, 0.717) is 27.2 Å². The molecule has 0 atom stereocenters. The van der Waals surface area contributed by atoms with Gasteiger partial charge in [0.2, 0.25) is 0 Å². The molecule has 1 heterocycles. The molecular formula is C14H12Cl2N2OS. The molecule has 0 saturated heterocycles. The molecule has 0 bridgehead atoms. The molecule has 6 heteroatoms. The van der Waals surface area contributed by atoms with Crippen LogP contribution >= 0.6 is 34.5 Å². The molecule has 1 aromatic carbocycles. The third-order valence-corrected chi connectivity index (χ3v) is 4.18. The molecule has 104 valence electrons. The summed E-state index contributed by atoms with van der Waals surface area (Å²) in [6.07, 6.45) is 2.43. The van der Waals surface area contributed by atoms with Gasteiger partial charge in [0.25, 0.3) is 5.91 Å². The first-order chi connectivity index (χ1) is 9.45. The Morgan fingerprint density at radius 2 is 2.15 bits per heavy atom. The summed E-state index contributed by atoms with van der Waals surface area (Å²) in [5, 5.41) is 4.32. The van der Waals surface area contributed by atoms with Gasteiger partial charge in [-0.15, -0.1) is 11.3 Å². The number of anilines is 1. The van der Waals surface area contributed by atoms with E-state index >= 15 is 0 Å². The Bertz CT molecular complexity index is 667. The Morgan fingerprint density at radius 3 is 2.80 bits per heavy atom. The molecule has 20 heavy (non-hydrogen) atoms. The summed E-state index contributed by atoms with van der Waals surface area (Å²) in [5.41, 5.74) is 1.49. The number of nitrogens with zero attached hydrogens (tertiary/aromatic N) is 1. The number of rotatable bonds is 4. The summed E-state index contributed by atoms with van der Waals surface area (Å²) < 4.78 is 0. The molecular weight excluding hydrogens is 315 g/mol. The zero-order valence-corrected chi connectivity index (χ0v) is 13.1. The third-order valence-electron chi connectivity index (χ3n) is 2.52. The summed E-state index contributed by atoms with van der Waals surface area (Å²) >= 11 is 13.3. The van der Waals surface area contributed by atoms with Crippen molar-refractivity contribution in [3.8, 4) is 0 Å². The topological polar surface area (TPSA) is 42.0 Å². The molecule has 0 saturated carbocycles. The predicted molar refractivity (Wildman–Crippen MR) is 84.8 cm³/mol. The van der Waals surface area contributed by atoms with Crippen LogP contribution in [-0.4, -0.2) is 10.9 Å². The van der Waals surface area contributed by atoms with Crippen molar-refractivity contribution in [2.45, 2.75) is 13.3 Å². The Morgan fingerprint density at radius 1 is 1.40 bits per heavy atom. The molecule has 2 rings (SSSR count). The van der Waals surface area contributed by atoms with Gasteiger partial charge in [-0.05, 0) is 24.6 Å². The summed E-state index contributed by atoms with van der Waals surface area (Å²) in [4.78, 5) is 16.7. The number of hydrogen-bond donors (Lipinski definition) is 1. The number of hydrogen-bond acceptors (Lipinski definition) is 3. The molecule has 3 nitrogen and oxygen atoms in total. The summed E-state index contributed by atoms with van der Waals surface area (Å²) in [6.45, 7) is 5.23. The fourth-order valence-electron chi connectivity index (χ4n) is 1.50. The maximum atomic E-state index is 11.5. The molecule has 0 radical (unpaired) electrons. The van der Waals surface area contributed by atoms with E-state index in [9.17, 15) is 4.79 Å². The standard InChI is InChI=1S/C14H12Cl2N2OS/c1-8(2)13(19)18-14-17-7-10(20-14)5-9-3-4-11(15)12(16)6-9/h3-4,6-7H,1,5H2,2H3,(H,17,18,19). The number of carbonyl (C=O) groups is 1. The lowest BCUT2D eigenvalue weighted by Gasteiger charge is -2.01. The lowest BCUT2D eigenvalue weighted by atomic mass is 10.1. The highest BCUT2D eigenvalue weighted by atomic mass is 35.5. The van der Waals surface area contributed by atoms with Gasteiger partial charge in [-0.3, -0.25) is 10.1 Å². The second kappa shape index (κ2) is 6.39. The minimum absolute atomic E-state index is 0.222. The second-order valence-electron chi connectivity index (χ2n) is 4.29. The van der Waals surface area contributed by atoms with Gasteiger partial charge in [-0.1, -0.05) is 35.8 Å². The van der Waals surface area contributed by atoms with Crippen LogP contribution in [0.1, 0.15) is 17.4 Å². The molecule has 1 amide bonds. The van der Waals surface area contributed by atoms with Crippen molar-refractivity contribution >= 4 is 45.6 Å². The van der Waals surface area contributed by atoms with Gasteiger partial charge in [0, 0.05) is 23.1 Å². The fraction of sp³-hybridized carbons (Fsp3) is 0.143. The smallest absolute Gasteiger partial charge is 0.252 e. The van der Waals surface area contributed by atoms with Crippen LogP contribution in [0.2, 0.25) is 10.0 Å². The van der Waals surface area contributed by atoms with Crippen LogP contribution < -0.4 is 5.32 Å². The van der Waals surface area contributed by atoms with Crippen molar-refractivity contribution < 1.29 is 4.79 Å². The fourth-order valence-corrected chi connectivity index (χ4v) is 2.66. The minimum atomic E-state index is -0.222. The monoisotopic (exact) mass is 326 g/mol. The first-order valence-corrected chi connectivity index (χ1v) is 7.38. The maximum absolute atomic E-state index is 11.5. The molecule has 0 unspecified atom stereocenters. The minimum Gasteiger partial charge on any atom is -0.298 e. The largest absolute Gasteiger partial charge is 0.298 e. The van der Waals surface area contributed by atoms with E-state index in [-0.39, 0.29) is 5.91 Å². The van der Waals surface area contributed by atoms with E-state index in [0.717, 1.165) is 10.4 Å². The Balaban J connectivity index is 2.07. The van der Waals surface area contributed by atoms with Crippen molar-refractivity contribution in [3.05, 3.63) is 57.0 Å². The molecule has 0 aliphatic heterocycles. The number of benzene rings is 1. The zero-order chi connectivity index (χ0) is 14.7. The van der Waals surface area contributed by atoms with Crippen LogP contribution in [0.25, 0.3) is 0 Å². The van der Waals surface area contributed by atoms with Crippen molar-refractivity contribution in [2.24, 2.45) is 0 Å². The van der Waals surface area contributed by atoms with E-state index in [4.69, 9.17) is 23.2 Å². The van der Waals surface area contributed by atoms with Gasteiger partial charge < -0.3 is 0 Å². The van der Waals surface area contributed by atoms with Gasteiger partial charge in [0.05, 0.1) is 10.0 Å². The van der Waals surface area contributed by atoms with Crippen LogP contribution in [0, 0.1) is 0 Å². The third kappa shape index (κ3) is 3.82. The highest BCUT2D eigenvalue weighted by molar-refractivity contribution is 7.15. The summed E-state index contributed by atoms with van der Waals surface area (Å²) in [6, 6.07) is 5.51. The summed E-state index contributed by atoms with van der Waals surface area (Å²) in [5.74, 6) is -0.222. The molecule has 0 aliphatic rings. The van der Waals surface area contributed by atoms with Crippen LogP contribution in [-0.2, 0) is 11.2 Å². The quantitative estimate of drug-likeness (QED) is 0.837. The van der Waals surface area contributed by atoms with E-state index < -0.39 is 0 Å². The molecule has 1 N–H and O–H groups in total. The number of nitrogens with one attached hydrogen (secondary N) is 1. The highest BCUT2D eigenvalue weighted by Gasteiger charge is 2.08. The van der Waals surface area contributed by atoms with E-state index in [1.807, 2.05) is 12.1 Å². The van der Waals surface area contributed by atoms with Gasteiger partial charge in [0.1, 0.15) is 0 Å². The number of thiazole rings is 1. The van der Waals surface area contributed by atoms with E-state index in [1.54, 1.807) is 19.2 Å². The molecule has 0 fully saturated rings. The zero-order valence-electron chi connectivity index (χ0n) is 10.7. The molecule has 0 aliphatic carbocycles. The molecule has 2 aromatic rings. The molecule has 1 aromatic heterocycles. The number of carbonyl (C=O) groups excluding carboxylic acids is 1. The summed E-state index contributed by atoms with van der Waals surface area (Å²) in [7, 11) is 0. The van der Waals surface area contributed by atoms with Crippen molar-refractivity contribution in [1.29, 1.82) is 0 Å². The van der Waals surface area contributed by atoms with Gasteiger partial charge in [-0.25, -0.2) is 4.98 Å². The molecule has 0 spiro atoms.